The van der Waals surface area contributed by atoms with E-state index in [4.69, 9.17) is 9.47 Å². The van der Waals surface area contributed by atoms with Gasteiger partial charge in [-0.25, -0.2) is 4.79 Å². The number of esters is 1. The maximum Gasteiger partial charge on any atom is 0.328 e. The third-order valence-electron chi connectivity index (χ3n) is 2.96. The summed E-state index contributed by atoms with van der Waals surface area (Å²) in [7, 11) is 4.20. The lowest BCUT2D eigenvalue weighted by atomic mass is 10.0. The lowest BCUT2D eigenvalue weighted by molar-refractivity contribution is -0.144. The molecule has 0 saturated heterocycles. The molecule has 7 heteroatoms. The van der Waals surface area contributed by atoms with E-state index in [1.807, 2.05) is 24.3 Å². The number of aryl methyl sites for hydroxylation is 1. The van der Waals surface area contributed by atoms with Gasteiger partial charge in [0, 0.05) is 0 Å². The molecule has 0 aliphatic rings. The van der Waals surface area contributed by atoms with Gasteiger partial charge in [0.1, 0.15) is 25.1 Å². The van der Waals surface area contributed by atoms with Gasteiger partial charge in [-0.1, -0.05) is 17.3 Å². The second-order valence-electron chi connectivity index (χ2n) is 4.39. The van der Waals surface area contributed by atoms with Crippen LogP contribution >= 0.6 is 0 Å². The van der Waals surface area contributed by atoms with Crippen LogP contribution in [-0.2, 0) is 25.6 Å². The van der Waals surface area contributed by atoms with Gasteiger partial charge in [0.05, 0.1) is 14.2 Å². The predicted molar refractivity (Wildman–Crippen MR) is 80.8 cm³/mol. The van der Waals surface area contributed by atoms with E-state index in [2.05, 4.69) is 15.3 Å². The molecule has 0 fully saturated rings. The standard InChI is InChI=1S/C15H20N2O5/c1-20-12-7-4-11(5-8-12)6-9-13(15(19)21-2)17-14(18)10-16-22-3/h4-5,7-8,10,13H,6,9H2,1-3H3,(H,17,18)/b16-10+/t13-/m0/s1. The van der Waals surface area contributed by atoms with Gasteiger partial charge in [-0.05, 0) is 30.5 Å². The van der Waals surface area contributed by atoms with E-state index in [0.29, 0.717) is 12.8 Å². The van der Waals surface area contributed by atoms with Crippen LogP contribution < -0.4 is 10.1 Å². The summed E-state index contributed by atoms with van der Waals surface area (Å²) in [5.74, 6) is -0.267. The van der Waals surface area contributed by atoms with Crippen LogP contribution in [0.1, 0.15) is 12.0 Å². The molecule has 1 aromatic carbocycles. The van der Waals surface area contributed by atoms with Gasteiger partial charge in [-0.15, -0.1) is 0 Å². The number of benzene rings is 1. The Hall–Kier alpha value is -2.57. The molecule has 22 heavy (non-hydrogen) atoms. The van der Waals surface area contributed by atoms with Gasteiger partial charge in [-0.3, -0.25) is 4.79 Å². The predicted octanol–water partition coefficient (Wildman–Crippen LogP) is 0.918. The molecule has 1 N–H and O–H groups in total. The fraction of sp³-hybridized carbons (Fsp3) is 0.400. The zero-order valence-electron chi connectivity index (χ0n) is 12.9. The number of amides is 1. The molecule has 0 aliphatic heterocycles. The van der Waals surface area contributed by atoms with E-state index >= 15 is 0 Å². The fourth-order valence-electron chi connectivity index (χ4n) is 1.80. The van der Waals surface area contributed by atoms with Gasteiger partial charge in [-0.2, -0.15) is 0 Å². The quantitative estimate of drug-likeness (QED) is 0.438. The number of rotatable bonds is 8. The summed E-state index contributed by atoms with van der Waals surface area (Å²) in [6.45, 7) is 0. The van der Waals surface area contributed by atoms with Gasteiger partial charge in [0.25, 0.3) is 5.91 Å². The highest BCUT2D eigenvalue weighted by Crippen LogP contribution is 2.13. The molecule has 1 atom stereocenters. The summed E-state index contributed by atoms with van der Waals surface area (Å²) in [6, 6.07) is 6.74. The van der Waals surface area contributed by atoms with E-state index in [-0.39, 0.29) is 0 Å². The zero-order chi connectivity index (χ0) is 16.4. The SMILES string of the molecule is CO/N=C/C(=O)N[C@@H](CCc1ccc(OC)cc1)C(=O)OC. The monoisotopic (exact) mass is 308 g/mol. The van der Waals surface area contributed by atoms with E-state index in [0.717, 1.165) is 17.5 Å². The third kappa shape index (κ3) is 5.82. The molecular weight excluding hydrogens is 288 g/mol. The number of hydrogen-bond donors (Lipinski definition) is 1. The molecule has 1 aromatic rings. The molecule has 0 radical (unpaired) electrons. The van der Waals surface area contributed by atoms with Crippen LogP contribution in [0.3, 0.4) is 0 Å². The second-order valence-corrected chi connectivity index (χ2v) is 4.39. The Balaban J connectivity index is 2.62. The largest absolute Gasteiger partial charge is 0.497 e. The number of carbonyl (C=O) groups excluding carboxylic acids is 2. The van der Waals surface area contributed by atoms with Crippen LogP contribution in [0.15, 0.2) is 29.4 Å². The number of methoxy groups -OCH3 is 2. The van der Waals surface area contributed by atoms with Crippen molar-refractivity contribution in [3.63, 3.8) is 0 Å². The van der Waals surface area contributed by atoms with E-state index in [9.17, 15) is 9.59 Å². The lowest BCUT2D eigenvalue weighted by Gasteiger charge is -2.15. The lowest BCUT2D eigenvalue weighted by Crippen LogP contribution is -2.42. The van der Waals surface area contributed by atoms with Crippen LogP contribution in [-0.4, -0.2) is 45.5 Å². The van der Waals surface area contributed by atoms with Crippen LogP contribution in [0.5, 0.6) is 5.75 Å². The van der Waals surface area contributed by atoms with E-state index in [1.54, 1.807) is 7.11 Å². The number of carbonyl (C=O) groups is 2. The topological polar surface area (TPSA) is 86.2 Å². The molecule has 0 aliphatic carbocycles. The minimum Gasteiger partial charge on any atom is -0.497 e. The molecular formula is C15H20N2O5. The summed E-state index contributed by atoms with van der Waals surface area (Å²) in [6.07, 6.45) is 1.97. The Bertz CT molecular complexity index is 513. The van der Waals surface area contributed by atoms with E-state index < -0.39 is 17.9 Å². The van der Waals surface area contributed by atoms with Crippen molar-refractivity contribution < 1.29 is 23.9 Å². The molecule has 1 rings (SSSR count). The summed E-state index contributed by atoms with van der Waals surface area (Å²) in [5.41, 5.74) is 1.02. The molecule has 1 amide bonds. The van der Waals surface area contributed by atoms with Crippen molar-refractivity contribution in [2.75, 3.05) is 21.3 Å². The van der Waals surface area contributed by atoms with Crippen LogP contribution in [0.2, 0.25) is 0 Å². The first kappa shape index (κ1) is 17.5. The molecule has 120 valence electrons. The molecule has 0 bridgehead atoms. The van der Waals surface area contributed by atoms with Gasteiger partial charge < -0.3 is 19.6 Å². The first-order valence-electron chi connectivity index (χ1n) is 6.68. The first-order chi connectivity index (χ1) is 10.6. The van der Waals surface area contributed by atoms with Crippen LogP contribution in [0.4, 0.5) is 0 Å². The normalized spacial score (nSPS) is 11.8. The second kappa shape index (κ2) is 9.38. The van der Waals surface area contributed by atoms with Crippen molar-refractivity contribution in [1.82, 2.24) is 5.32 Å². The molecule has 0 aromatic heterocycles. The Morgan fingerprint density at radius 2 is 1.91 bits per heavy atom. The number of oxime groups is 1. The Morgan fingerprint density at radius 3 is 2.45 bits per heavy atom. The average Bonchev–Trinajstić information content (AvgIpc) is 2.56. The number of nitrogens with zero attached hydrogens (tertiary/aromatic N) is 1. The van der Waals surface area contributed by atoms with Crippen molar-refractivity contribution in [2.45, 2.75) is 18.9 Å². The smallest absolute Gasteiger partial charge is 0.328 e. The highest BCUT2D eigenvalue weighted by molar-refractivity contribution is 6.26. The Kier molecular flexibility index (Phi) is 7.45. The molecule has 7 nitrogen and oxygen atoms in total. The summed E-state index contributed by atoms with van der Waals surface area (Å²) < 4.78 is 9.78. The summed E-state index contributed by atoms with van der Waals surface area (Å²) >= 11 is 0. The highest BCUT2D eigenvalue weighted by Gasteiger charge is 2.20. The van der Waals surface area contributed by atoms with E-state index in [1.165, 1.54) is 14.2 Å². The van der Waals surface area contributed by atoms with Gasteiger partial charge >= 0.3 is 5.97 Å². The van der Waals surface area contributed by atoms with Crippen molar-refractivity contribution in [3.8, 4) is 5.75 Å². The first-order valence-corrected chi connectivity index (χ1v) is 6.68. The van der Waals surface area contributed by atoms with Gasteiger partial charge in [0.15, 0.2) is 0 Å². The van der Waals surface area contributed by atoms with Crippen LogP contribution in [0.25, 0.3) is 0 Å². The molecule has 0 heterocycles. The molecule has 0 unspecified atom stereocenters. The number of hydrogen-bond acceptors (Lipinski definition) is 6. The fourth-order valence-corrected chi connectivity index (χ4v) is 1.80. The zero-order valence-corrected chi connectivity index (χ0v) is 12.9. The maximum absolute atomic E-state index is 11.7. The average molecular weight is 308 g/mol. The number of nitrogens with one attached hydrogen (secondary N) is 1. The van der Waals surface area contributed by atoms with Crippen molar-refractivity contribution >= 4 is 18.1 Å². The maximum atomic E-state index is 11.7. The summed E-state index contributed by atoms with van der Waals surface area (Å²) in [4.78, 5) is 27.7. The van der Waals surface area contributed by atoms with Crippen molar-refractivity contribution in [3.05, 3.63) is 29.8 Å². The summed E-state index contributed by atoms with van der Waals surface area (Å²) in [5, 5.41) is 5.87. The minimum atomic E-state index is -0.747. The molecule has 0 saturated carbocycles. The van der Waals surface area contributed by atoms with Crippen molar-refractivity contribution in [1.29, 1.82) is 0 Å². The number of ether oxygens (including phenoxy) is 2. The van der Waals surface area contributed by atoms with Gasteiger partial charge in [0.2, 0.25) is 0 Å². The molecule has 0 spiro atoms. The Morgan fingerprint density at radius 1 is 1.23 bits per heavy atom. The van der Waals surface area contributed by atoms with Crippen LogP contribution in [0, 0.1) is 0 Å². The Labute approximate surface area is 129 Å². The third-order valence-corrected chi connectivity index (χ3v) is 2.96. The van der Waals surface area contributed by atoms with Crippen molar-refractivity contribution in [2.24, 2.45) is 5.16 Å². The highest BCUT2D eigenvalue weighted by atomic mass is 16.6. The minimum absolute atomic E-state index is 0.408.